The number of rotatable bonds is 5. The van der Waals surface area contributed by atoms with Gasteiger partial charge in [-0.2, -0.15) is 0 Å². The van der Waals surface area contributed by atoms with Gasteiger partial charge in [-0.15, -0.1) is 11.3 Å². The predicted molar refractivity (Wildman–Crippen MR) is 274 cm³/mol. The normalized spacial score (nSPS) is 12.1. The summed E-state index contributed by atoms with van der Waals surface area (Å²) in [6.45, 7) is 0. The molecule has 0 atom stereocenters. The van der Waals surface area contributed by atoms with Gasteiger partial charge in [0, 0.05) is 71.9 Å². The monoisotopic (exact) mass is 847 g/mol. The molecule has 14 aromatic rings. The first-order valence-corrected chi connectivity index (χ1v) is 22.9. The lowest BCUT2D eigenvalue weighted by Gasteiger charge is -2.12. The number of hydrogen-bond acceptors (Lipinski definition) is 3. The van der Waals surface area contributed by atoms with E-state index in [4.69, 9.17) is 9.97 Å². The van der Waals surface area contributed by atoms with Crippen molar-refractivity contribution in [2.24, 2.45) is 7.05 Å². The number of fused-ring (bicyclic) bond motifs is 12. The first-order chi connectivity index (χ1) is 32.1. The molecule has 0 N–H and O–H groups in total. The standard InChI is InChI=1S/C59H37N5S/c1-62-50-22-12-10-20-43(50)46-32-38(25-29-51(46)62)39-26-30-54-48(33-39)45-28-24-36-14-8-9-19-42(36)57(45)64(54)59-60-49-35-55(37-15-4-2-5-16-37)65-58(49)56(61-59)40-27-31-53-47(34-40)44-21-11-13-23-52(44)63(53)41-17-6-3-7-18-41/h2-35H,1H3. The lowest BCUT2D eigenvalue weighted by molar-refractivity contribution is 1.01. The zero-order valence-electron chi connectivity index (χ0n) is 35.3. The Hall–Kier alpha value is -8.32. The summed E-state index contributed by atoms with van der Waals surface area (Å²) in [5.74, 6) is 0.651. The number of aromatic nitrogens is 5. The van der Waals surface area contributed by atoms with Crippen molar-refractivity contribution >= 4 is 97.7 Å². The van der Waals surface area contributed by atoms with Crippen molar-refractivity contribution in [1.82, 2.24) is 23.7 Å². The molecule has 0 fully saturated rings. The van der Waals surface area contributed by atoms with Crippen molar-refractivity contribution in [3.63, 3.8) is 0 Å². The van der Waals surface area contributed by atoms with Gasteiger partial charge in [-0.05, 0) is 88.8 Å². The second-order valence-corrected chi connectivity index (χ2v) is 18.1. The summed E-state index contributed by atoms with van der Waals surface area (Å²) >= 11 is 1.76. The maximum Gasteiger partial charge on any atom is 0.235 e. The fraction of sp³-hybridized carbons (Fsp3) is 0.0169. The fourth-order valence-electron chi connectivity index (χ4n) is 10.4. The Morgan fingerprint density at radius 3 is 1.72 bits per heavy atom. The van der Waals surface area contributed by atoms with Gasteiger partial charge in [0.15, 0.2) is 0 Å². The molecule has 0 aliphatic rings. The number of aryl methyl sites for hydroxylation is 1. The van der Waals surface area contributed by atoms with Crippen LogP contribution in [0.2, 0.25) is 0 Å². The van der Waals surface area contributed by atoms with Crippen molar-refractivity contribution in [3.8, 4) is 44.5 Å². The van der Waals surface area contributed by atoms with Gasteiger partial charge in [0.05, 0.1) is 38.0 Å². The summed E-state index contributed by atoms with van der Waals surface area (Å²) in [5, 5.41) is 9.59. The number of thiophene rings is 1. The molecule has 304 valence electrons. The van der Waals surface area contributed by atoms with E-state index in [2.05, 4.69) is 227 Å². The van der Waals surface area contributed by atoms with Crippen LogP contribution in [0, 0.1) is 0 Å². The summed E-state index contributed by atoms with van der Waals surface area (Å²) in [5.41, 5.74) is 14.5. The Morgan fingerprint density at radius 2 is 0.938 bits per heavy atom. The van der Waals surface area contributed by atoms with E-state index in [1.165, 1.54) is 65.6 Å². The van der Waals surface area contributed by atoms with Gasteiger partial charge in [-0.3, -0.25) is 4.57 Å². The van der Waals surface area contributed by atoms with Crippen molar-refractivity contribution in [3.05, 3.63) is 206 Å². The molecule has 65 heavy (non-hydrogen) atoms. The highest BCUT2D eigenvalue weighted by atomic mass is 32.1. The van der Waals surface area contributed by atoms with Gasteiger partial charge in [0.25, 0.3) is 0 Å². The summed E-state index contributed by atoms with van der Waals surface area (Å²) in [6, 6.07) is 74.7. The quantitative estimate of drug-likeness (QED) is 0.173. The number of para-hydroxylation sites is 3. The van der Waals surface area contributed by atoms with E-state index < -0.39 is 0 Å². The van der Waals surface area contributed by atoms with Crippen LogP contribution in [0.25, 0.3) is 131 Å². The van der Waals surface area contributed by atoms with E-state index in [0.717, 1.165) is 59.4 Å². The topological polar surface area (TPSA) is 40.6 Å². The molecule has 0 bridgehead atoms. The number of hydrogen-bond donors (Lipinski definition) is 0. The second-order valence-electron chi connectivity index (χ2n) is 17.0. The van der Waals surface area contributed by atoms with Crippen LogP contribution in [0.5, 0.6) is 0 Å². The van der Waals surface area contributed by atoms with Gasteiger partial charge in [0.1, 0.15) is 0 Å². The van der Waals surface area contributed by atoms with Crippen LogP contribution in [-0.4, -0.2) is 23.7 Å². The summed E-state index contributed by atoms with van der Waals surface area (Å²) in [7, 11) is 2.15. The average Bonchev–Trinajstić information content (AvgIpc) is 4.12. The third-order valence-electron chi connectivity index (χ3n) is 13.5. The molecule has 0 saturated heterocycles. The molecule has 5 aromatic heterocycles. The van der Waals surface area contributed by atoms with Crippen LogP contribution in [0.4, 0.5) is 0 Å². The highest BCUT2D eigenvalue weighted by Gasteiger charge is 2.23. The molecule has 0 aliphatic carbocycles. The maximum absolute atomic E-state index is 5.68. The first kappa shape index (κ1) is 36.2. The SMILES string of the molecule is Cn1c2ccccc2c2cc(-c3ccc4c(c3)c3ccc5ccccc5c3n4-c3nc(-c4ccc5c(c4)c4ccccc4n5-c4ccccc4)c4sc(-c5ccccc5)cc4n3)ccc21. The van der Waals surface area contributed by atoms with E-state index in [0.29, 0.717) is 5.95 Å². The molecule has 5 nitrogen and oxygen atoms in total. The largest absolute Gasteiger partial charge is 0.344 e. The molecule has 9 aromatic carbocycles. The maximum atomic E-state index is 5.68. The molecule has 0 unspecified atom stereocenters. The summed E-state index contributed by atoms with van der Waals surface area (Å²) in [6.07, 6.45) is 0. The summed E-state index contributed by atoms with van der Waals surface area (Å²) in [4.78, 5) is 12.4. The van der Waals surface area contributed by atoms with Crippen molar-refractivity contribution in [1.29, 1.82) is 0 Å². The molecular weight excluding hydrogens is 811 g/mol. The van der Waals surface area contributed by atoms with Crippen molar-refractivity contribution in [2.45, 2.75) is 0 Å². The molecule has 0 amide bonds. The number of benzene rings is 9. The molecule has 5 heterocycles. The summed E-state index contributed by atoms with van der Waals surface area (Å²) < 4.78 is 8.04. The lowest BCUT2D eigenvalue weighted by atomic mass is 10.00. The zero-order valence-corrected chi connectivity index (χ0v) is 36.1. The van der Waals surface area contributed by atoms with E-state index in [1.54, 1.807) is 11.3 Å². The van der Waals surface area contributed by atoms with Crippen LogP contribution in [0.3, 0.4) is 0 Å². The Labute approximate surface area is 377 Å². The van der Waals surface area contributed by atoms with Crippen LogP contribution in [0.15, 0.2) is 206 Å². The van der Waals surface area contributed by atoms with Gasteiger partial charge >= 0.3 is 0 Å². The lowest BCUT2D eigenvalue weighted by Crippen LogP contribution is -2.03. The zero-order chi connectivity index (χ0) is 42.8. The predicted octanol–water partition coefficient (Wildman–Crippen LogP) is 15.7. The molecule has 0 spiro atoms. The fourth-order valence-corrected chi connectivity index (χ4v) is 11.6. The highest BCUT2D eigenvalue weighted by Crippen LogP contribution is 2.43. The van der Waals surface area contributed by atoms with Crippen LogP contribution in [-0.2, 0) is 7.05 Å². The average molecular weight is 848 g/mol. The van der Waals surface area contributed by atoms with Crippen molar-refractivity contribution < 1.29 is 0 Å². The Bertz CT molecular complexity index is 4250. The molecular formula is C59H37N5S. The van der Waals surface area contributed by atoms with Gasteiger partial charge in [-0.25, -0.2) is 9.97 Å². The smallest absolute Gasteiger partial charge is 0.235 e. The third-order valence-corrected chi connectivity index (χ3v) is 14.7. The first-order valence-electron chi connectivity index (χ1n) is 22.0. The van der Waals surface area contributed by atoms with Crippen LogP contribution >= 0.6 is 11.3 Å². The Balaban J connectivity index is 1.03. The van der Waals surface area contributed by atoms with Crippen molar-refractivity contribution in [2.75, 3.05) is 0 Å². The second kappa shape index (κ2) is 13.8. The molecule has 0 saturated carbocycles. The Kier molecular flexibility index (Phi) is 7.71. The van der Waals surface area contributed by atoms with Crippen LogP contribution in [0.1, 0.15) is 0 Å². The molecule has 0 aliphatic heterocycles. The minimum absolute atomic E-state index is 0.651. The van der Waals surface area contributed by atoms with E-state index in [-0.39, 0.29) is 0 Å². The Morgan fingerprint density at radius 1 is 0.385 bits per heavy atom. The van der Waals surface area contributed by atoms with Crippen LogP contribution < -0.4 is 0 Å². The van der Waals surface area contributed by atoms with Gasteiger partial charge < -0.3 is 9.13 Å². The van der Waals surface area contributed by atoms with E-state index in [1.807, 2.05) is 0 Å². The van der Waals surface area contributed by atoms with E-state index >= 15 is 0 Å². The number of nitrogens with zero attached hydrogens (tertiary/aromatic N) is 5. The molecule has 0 radical (unpaired) electrons. The van der Waals surface area contributed by atoms with Gasteiger partial charge in [-0.1, -0.05) is 140 Å². The molecule has 6 heteroatoms. The minimum atomic E-state index is 0.651. The highest BCUT2D eigenvalue weighted by molar-refractivity contribution is 7.22. The minimum Gasteiger partial charge on any atom is -0.344 e. The third kappa shape index (κ3) is 5.38. The van der Waals surface area contributed by atoms with E-state index in [9.17, 15) is 0 Å². The molecule has 14 rings (SSSR count). The van der Waals surface area contributed by atoms with Gasteiger partial charge in [0.2, 0.25) is 5.95 Å².